The summed E-state index contributed by atoms with van der Waals surface area (Å²) in [5, 5.41) is 0. The second kappa shape index (κ2) is 3.37. The monoisotopic (exact) mass is 156 g/mol. The summed E-state index contributed by atoms with van der Waals surface area (Å²) in [6.07, 6.45) is 3.04. The van der Waals surface area contributed by atoms with Gasteiger partial charge < -0.3 is 9.47 Å². The lowest BCUT2D eigenvalue weighted by molar-refractivity contribution is -0.231. The van der Waals surface area contributed by atoms with Gasteiger partial charge >= 0.3 is 0 Å². The predicted octanol–water partition coefficient (Wildman–Crippen LogP) is 2.11. The number of rotatable bonds is 1. The first-order valence-electron chi connectivity index (χ1n) is 4.10. The van der Waals surface area contributed by atoms with Gasteiger partial charge in [-0.1, -0.05) is 6.08 Å². The van der Waals surface area contributed by atoms with Crippen molar-refractivity contribution in [3.8, 4) is 0 Å². The summed E-state index contributed by atoms with van der Waals surface area (Å²) < 4.78 is 11.1. The maximum Gasteiger partial charge on any atom is 0.187 e. The second-order valence-corrected chi connectivity index (χ2v) is 2.97. The van der Waals surface area contributed by atoms with Crippen LogP contribution < -0.4 is 0 Å². The van der Waals surface area contributed by atoms with Crippen LogP contribution in [0.5, 0.6) is 0 Å². The van der Waals surface area contributed by atoms with Crippen molar-refractivity contribution in [3.63, 3.8) is 0 Å². The summed E-state index contributed by atoms with van der Waals surface area (Å²) in [5.74, 6) is -0.451. The van der Waals surface area contributed by atoms with Crippen LogP contribution in [0, 0.1) is 0 Å². The molecule has 1 rings (SSSR count). The Labute approximate surface area is 68.2 Å². The lowest BCUT2D eigenvalue weighted by Crippen LogP contribution is -2.38. The maximum atomic E-state index is 5.53. The molecule has 1 aliphatic rings. The van der Waals surface area contributed by atoms with Crippen LogP contribution in [-0.2, 0) is 9.47 Å². The van der Waals surface area contributed by atoms with E-state index in [9.17, 15) is 0 Å². The highest BCUT2D eigenvalue weighted by molar-refractivity contribution is 5.07. The first-order chi connectivity index (χ1) is 5.19. The SMILES string of the molecule is C/C=C(/C)C1(C)OCCCO1. The van der Waals surface area contributed by atoms with Gasteiger partial charge in [0.25, 0.3) is 0 Å². The third-order valence-electron chi connectivity index (χ3n) is 2.19. The molecule has 1 aliphatic heterocycles. The summed E-state index contributed by atoms with van der Waals surface area (Å²) in [5.41, 5.74) is 1.15. The van der Waals surface area contributed by atoms with Crippen LogP contribution in [0.3, 0.4) is 0 Å². The minimum atomic E-state index is -0.451. The molecule has 11 heavy (non-hydrogen) atoms. The van der Waals surface area contributed by atoms with Crippen molar-refractivity contribution in [2.24, 2.45) is 0 Å². The van der Waals surface area contributed by atoms with E-state index >= 15 is 0 Å². The molecule has 0 spiro atoms. The van der Waals surface area contributed by atoms with Crippen molar-refractivity contribution < 1.29 is 9.47 Å². The molecule has 1 saturated heterocycles. The van der Waals surface area contributed by atoms with Gasteiger partial charge in [0, 0.05) is 0 Å². The molecular formula is C9H16O2. The topological polar surface area (TPSA) is 18.5 Å². The Kier molecular flexibility index (Phi) is 2.68. The average Bonchev–Trinajstić information content (AvgIpc) is 2.04. The Morgan fingerprint density at radius 1 is 1.36 bits per heavy atom. The lowest BCUT2D eigenvalue weighted by Gasteiger charge is -2.34. The molecule has 64 valence electrons. The van der Waals surface area contributed by atoms with E-state index < -0.39 is 5.79 Å². The summed E-state index contributed by atoms with van der Waals surface area (Å²) >= 11 is 0. The van der Waals surface area contributed by atoms with Gasteiger partial charge in [-0.2, -0.15) is 0 Å². The van der Waals surface area contributed by atoms with Crippen molar-refractivity contribution in [2.45, 2.75) is 33.0 Å². The van der Waals surface area contributed by atoms with Crippen LogP contribution >= 0.6 is 0 Å². The number of allylic oxidation sites excluding steroid dienone is 1. The molecule has 0 aromatic carbocycles. The molecule has 0 aromatic heterocycles. The van der Waals surface area contributed by atoms with E-state index in [4.69, 9.17) is 9.47 Å². The zero-order chi connectivity index (χ0) is 8.32. The highest BCUT2D eigenvalue weighted by Gasteiger charge is 2.29. The Hall–Kier alpha value is -0.340. The molecule has 0 amide bonds. The standard InChI is InChI=1S/C9H16O2/c1-4-8(2)9(3)10-6-5-7-11-9/h4H,5-7H2,1-3H3/b8-4-. The van der Waals surface area contributed by atoms with Crippen molar-refractivity contribution >= 4 is 0 Å². The lowest BCUT2D eigenvalue weighted by atomic mass is 10.1. The van der Waals surface area contributed by atoms with Crippen LogP contribution in [0.4, 0.5) is 0 Å². The molecule has 0 unspecified atom stereocenters. The third kappa shape index (κ3) is 1.82. The van der Waals surface area contributed by atoms with Crippen LogP contribution in [0.2, 0.25) is 0 Å². The molecule has 1 fully saturated rings. The molecule has 0 atom stereocenters. The molecule has 0 aliphatic carbocycles. The molecular weight excluding hydrogens is 140 g/mol. The minimum Gasteiger partial charge on any atom is -0.346 e. The van der Waals surface area contributed by atoms with E-state index in [1.54, 1.807) is 0 Å². The first kappa shape index (κ1) is 8.75. The number of hydrogen-bond acceptors (Lipinski definition) is 2. The molecule has 1 heterocycles. The van der Waals surface area contributed by atoms with Crippen LogP contribution in [-0.4, -0.2) is 19.0 Å². The highest BCUT2D eigenvalue weighted by atomic mass is 16.7. The van der Waals surface area contributed by atoms with Gasteiger partial charge in [0.05, 0.1) is 13.2 Å². The second-order valence-electron chi connectivity index (χ2n) is 2.97. The van der Waals surface area contributed by atoms with E-state index in [2.05, 4.69) is 0 Å². The fourth-order valence-electron chi connectivity index (χ4n) is 1.12. The van der Waals surface area contributed by atoms with Crippen LogP contribution in [0.15, 0.2) is 11.6 Å². The molecule has 0 bridgehead atoms. The number of hydrogen-bond donors (Lipinski definition) is 0. The Morgan fingerprint density at radius 3 is 2.36 bits per heavy atom. The van der Waals surface area contributed by atoms with Crippen LogP contribution in [0.25, 0.3) is 0 Å². The molecule has 0 radical (unpaired) electrons. The maximum absolute atomic E-state index is 5.53. The van der Waals surface area contributed by atoms with E-state index in [1.807, 2.05) is 26.8 Å². The van der Waals surface area contributed by atoms with Crippen LogP contribution in [0.1, 0.15) is 27.2 Å². The molecule has 2 heteroatoms. The average molecular weight is 156 g/mol. The van der Waals surface area contributed by atoms with E-state index in [0.29, 0.717) is 0 Å². The molecule has 0 saturated carbocycles. The minimum absolute atomic E-state index is 0.451. The van der Waals surface area contributed by atoms with Gasteiger partial charge in [-0.3, -0.25) is 0 Å². The van der Waals surface area contributed by atoms with Gasteiger partial charge in [0.2, 0.25) is 0 Å². The van der Waals surface area contributed by atoms with Gasteiger partial charge in [-0.25, -0.2) is 0 Å². The normalized spacial score (nSPS) is 25.2. The summed E-state index contributed by atoms with van der Waals surface area (Å²) in [6.45, 7) is 7.62. The number of ether oxygens (including phenoxy) is 2. The Bertz CT molecular complexity index is 155. The van der Waals surface area contributed by atoms with E-state index in [-0.39, 0.29) is 0 Å². The van der Waals surface area contributed by atoms with Crippen molar-refractivity contribution in [3.05, 3.63) is 11.6 Å². The zero-order valence-corrected chi connectivity index (χ0v) is 7.52. The summed E-state index contributed by atoms with van der Waals surface area (Å²) in [6, 6.07) is 0. The quantitative estimate of drug-likeness (QED) is 0.541. The molecule has 0 aromatic rings. The first-order valence-corrected chi connectivity index (χ1v) is 4.10. The Morgan fingerprint density at radius 2 is 1.91 bits per heavy atom. The largest absolute Gasteiger partial charge is 0.346 e. The third-order valence-corrected chi connectivity index (χ3v) is 2.19. The zero-order valence-electron chi connectivity index (χ0n) is 7.52. The Balaban J connectivity index is 2.64. The fourth-order valence-corrected chi connectivity index (χ4v) is 1.12. The van der Waals surface area contributed by atoms with E-state index in [0.717, 1.165) is 25.2 Å². The van der Waals surface area contributed by atoms with Gasteiger partial charge in [0.1, 0.15) is 0 Å². The molecule has 2 nitrogen and oxygen atoms in total. The van der Waals surface area contributed by atoms with Crippen molar-refractivity contribution in [2.75, 3.05) is 13.2 Å². The summed E-state index contributed by atoms with van der Waals surface area (Å²) in [4.78, 5) is 0. The van der Waals surface area contributed by atoms with Crippen molar-refractivity contribution in [1.82, 2.24) is 0 Å². The molecule has 0 N–H and O–H groups in total. The van der Waals surface area contributed by atoms with Gasteiger partial charge in [0.15, 0.2) is 5.79 Å². The van der Waals surface area contributed by atoms with E-state index in [1.165, 1.54) is 0 Å². The van der Waals surface area contributed by atoms with Gasteiger partial charge in [-0.15, -0.1) is 0 Å². The highest BCUT2D eigenvalue weighted by Crippen LogP contribution is 2.25. The fraction of sp³-hybridized carbons (Fsp3) is 0.778. The predicted molar refractivity (Wildman–Crippen MR) is 44.4 cm³/mol. The smallest absolute Gasteiger partial charge is 0.187 e. The summed E-state index contributed by atoms with van der Waals surface area (Å²) in [7, 11) is 0. The van der Waals surface area contributed by atoms with Crippen molar-refractivity contribution in [1.29, 1.82) is 0 Å². The van der Waals surface area contributed by atoms with Gasteiger partial charge in [-0.05, 0) is 32.8 Å².